The van der Waals surface area contributed by atoms with Crippen LogP contribution >= 0.6 is 11.3 Å². The third-order valence-electron chi connectivity index (χ3n) is 7.78. The van der Waals surface area contributed by atoms with Crippen molar-refractivity contribution in [2.75, 3.05) is 43.1 Å². The summed E-state index contributed by atoms with van der Waals surface area (Å²) in [6.07, 6.45) is 0.422. The molecule has 0 spiro atoms. The molecule has 1 aromatic carbocycles. The summed E-state index contributed by atoms with van der Waals surface area (Å²) in [4.78, 5) is 79.4. The van der Waals surface area contributed by atoms with Gasteiger partial charge >= 0.3 is 18.1 Å². The molecule has 0 aliphatic carbocycles. The molecule has 4 amide bonds. The van der Waals surface area contributed by atoms with E-state index in [0.29, 0.717) is 41.1 Å². The molecule has 0 saturated carbocycles. The number of aryl methyl sites for hydroxylation is 3. The number of halogens is 3. The molecule has 302 valence electrons. The summed E-state index contributed by atoms with van der Waals surface area (Å²) in [6, 6.07) is 8.52. The van der Waals surface area contributed by atoms with Crippen molar-refractivity contribution in [3.8, 4) is 0 Å². The quantitative estimate of drug-likeness (QED) is 0.0866. The molecule has 0 atom stereocenters. The number of aliphatic carboxylic acids is 1. The lowest BCUT2D eigenvalue weighted by Crippen LogP contribution is -2.28. The maximum absolute atomic E-state index is 13.3. The van der Waals surface area contributed by atoms with Crippen LogP contribution in [-0.2, 0) is 25.3 Å². The molecule has 0 unspecified atom stereocenters. The first-order valence-electron chi connectivity index (χ1n) is 17.0. The van der Waals surface area contributed by atoms with Gasteiger partial charge in [-0.3, -0.25) is 24.5 Å². The molecule has 4 aromatic rings. The fourth-order valence-electron chi connectivity index (χ4n) is 4.89. The molecule has 0 radical (unpaired) electrons. The standard InChI is InChI=1S/C34H42N8O6S.C2HF3O2/c1-20(2)8-13-27-28(32(46)35-14-7-15-40(3)4)38-34(49-27)39-31(45)26-17-24(19-42(26)6)37-30(44)25-16-23(18-41(25)5)36-29(43)21-9-11-22(12-10-21)33(47)48;3-2(4,5)1(6)7/h9-12,16-20H,7-8,13-15H2,1-6H3,(H,35,46)(H,36,43)(H,37,44)(H,47,48)(H,38,39,45);(H,6,7). The fourth-order valence-corrected chi connectivity index (χ4v) is 5.86. The number of aromatic nitrogens is 3. The minimum Gasteiger partial charge on any atom is -0.478 e. The smallest absolute Gasteiger partial charge is 0.478 e. The zero-order valence-electron chi connectivity index (χ0n) is 31.4. The Balaban J connectivity index is 0.00000109. The van der Waals surface area contributed by atoms with Gasteiger partial charge in [-0.15, -0.1) is 11.3 Å². The van der Waals surface area contributed by atoms with Crippen molar-refractivity contribution in [3.63, 3.8) is 0 Å². The number of hydrogen-bond donors (Lipinski definition) is 6. The largest absolute Gasteiger partial charge is 0.490 e. The first-order valence-corrected chi connectivity index (χ1v) is 17.8. The highest BCUT2D eigenvalue weighted by molar-refractivity contribution is 7.16. The van der Waals surface area contributed by atoms with Crippen LogP contribution in [0, 0.1) is 5.92 Å². The summed E-state index contributed by atoms with van der Waals surface area (Å²) in [5, 5.41) is 27.7. The minimum atomic E-state index is -5.08. The normalized spacial score (nSPS) is 11.1. The molecule has 20 heteroatoms. The average Bonchev–Trinajstić information content (AvgIpc) is 3.80. The van der Waals surface area contributed by atoms with E-state index in [1.165, 1.54) is 47.7 Å². The Labute approximate surface area is 323 Å². The molecular formula is C36H43F3N8O8S. The van der Waals surface area contributed by atoms with Crippen molar-refractivity contribution in [1.29, 1.82) is 0 Å². The van der Waals surface area contributed by atoms with E-state index < -0.39 is 35.8 Å². The molecule has 3 aromatic heterocycles. The van der Waals surface area contributed by atoms with Gasteiger partial charge in [-0.25, -0.2) is 14.6 Å². The van der Waals surface area contributed by atoms with Gasteiger partial charge in [0.1, 0.15) is 17.1 Å². The van der Waals surface area contributed by atoms with Crippen LogP contribution in [-0.4, -0.2) is 98.2 Å². The number of hydrogen-bond acceptors (Lipinski definition) is 9. The summed E-state index contributed by atoms with van der Waals surface area (Å²) in [5.41, 5.74) is 1.89. The van der Waals surface area contributed by atoms with Gasteiger partial charge in [-0.05, 0) is 82.2 Å². The van der Waals surface area contributed by atoms with E-state index in [1.807, 2.05) is 19.0 Å². The Hall–Kier alpha value is -6.02. The van der Waals surface area contributed by atoms with Gasteiger partial charge in [0.2, 0.25) is 0 Å². The van der Waals surface area contributed by atoms with Crippen LogP contribution in [0.4, 0.5) is 29.7 Å². The lowest BCUT2D eigenvalue weighted by molar-refractivity contribution is -0.192. The Bertz CT molecular complexity index is 2050. The number of carboxylic acid groups (broad SMARTS) is 2. The third kappa shape index (κ3) is 13.1. The van der Waals surface area contributed by atoms with Crippen molar-refractivity contribution in [2.24, 2.45) is 20.0 Å². The summed E-state index contributed by atoms with van der Waals surface area (Å²) in [5.74, 6) is -5.08. The van der Waals surface area contributed by atoms with Gasteiger partial charge in [-0.1, -0.05) is 13.8 Å². The van der Waals surface area contributed by atoms with Gasteiger partial charge in [0.25, 0.3) is 23.6 Å². The molecule has 0 saturated heterocycles. The highest BCUT2D eigenvalue weighted by Gasteiger charge is 2.38. The number of carboxylic acids is 2. The molecular weight excluding hydrogens is 762 g/mol. The highest BCUT2D eigenvalue weighted by atomic mass is 32.1. The molecule has 56 heavy (non-hydrogen) atoms. The van der Waals surface area contributed by atoms with Crippen molar-refractivity contribution in [3.05, 3.63) is 81.9 Å². The Morgan fingerprint density at radius 2 is 1.32 bits per heavy atom. The Morgan fingerprint density at radius 3 is 1.80 bits per heavy atom. The van der Waals surface area contributed by atoms with Crippen LogP contribution in [0.15, 0.2) is 48.8 Å². The Kier molecular flexibility index (Phi) is 15.5. The summed E-state index contributed by atoms with van der Waals surface area (Å²) >= 11 is 1.28. The van der Waals surface area contributed by atoms with Crippen molar-refractivity contribution >= 4 is 63.4 Å². The second-order valence-corrected chi connectivity index (χ2v) is 14.2. The van der Waals surface area contributed by atoms with Crippen LogP contribution in [0.2, 0.25) is 0 Å². The number of carbonyl (C=O) groups excluding carboxylic acids is 4. The SMILES string of the molecule is CC(C)CCc1sc(NC(=O)c2cc(NC(=O)c3cc(NC(=O)c4ccc(C(=O)O)cc4)cn3C)cn2C)nc1C(=O)NCCCN(C)C.O=C(O)C(F)(F)F. The number of carbonyl (C=O) groups is 6. The number of thiazole rings is 1. The maximum atomic E-state index is 13.3. The van der Waals surface area contributed by atoms with E-state index in [4.69, 9.17) is 15.0 Å². The van der Waals surface area contributed by atoms with Gasteiger partial charge in [0.05, 0.1) is 16.9 Å². The van der Waals surface area contributed by atoms with E-state index in [-0.39, 0.29) is 28.4 Å². The minimum absolute atomic E-state index is 0.0615. The summed E-state index contributed by atoms with van der Waals surface area (Å²) < 4.78 is 34.9. The predicted octanol–water partition coefficient (Wildman–Crippen LogP) is 5.18. The van der Waals surface area contributed by atoms with E-state index in [2.05, 4.69) is 40.1 Å². The fraction of sp³-hybridized carbons (Fsp3) is 0.361. The molecule has 6 N–H and O–H groups in total. The first-order chi connectivity index (χ1) is 26.2. The van der Waals surface area contributed by atoms with Gasteiger partial charge < -0.3 is 40.2 Å². The highest BCUT2D eigenvalue weighted by Crippen LogP contribution is 2.27. The van der Waals surface area contributed by atoms with Crippen LogP contribution in [0.5, 0.6) is 0 Å². The summed E-state index contributed by atoms with van der Waals surface area (Å²) in [7, 11) is 7.27. The van der Waals surface area contributed by atoms with Gasteiger partial charge in [0.15, 0.2) is 5.13 Å². The monoisotopic (exact) mass is 804 g/mol. The molecule has 16 nitrogen and oxygen atoms in total. The first kappa shape index (κ1) is 44.4. The van der Waals surface area contributed by atoms with Crippen molar-refractivity contribution < 1.29 is 52.2 Å². The van der Waals surface area contributed by atoms with Crippen LogP contribution in [0.3, 0.4) is 0 Å². The molecule has 0 bridgehead atoms. The number of rotatable bonds is 15. The second-order valence-electron chi connectivity index (χ2n) is 13.1. The van der Waals surface area contributed by atoms with Crippen molar-refractivity contribution in [2.45, 2.75) is 39.3 Å². The number of anilines is 3. The molecule has 4 rings (SSSR count). The van der Waals surface area contributed by atoms with Crippen molar-refractivity contribution in [1.82, 2.24) is 24.3 Å². The van der Waals surface area contributed by atoms with Gasteiger partial charge in [-0.2, -0.15) is 13.2 Å². The number of amides is 4. The molecule has 0 aliphatic rings. The van der Waals surface area contributed by atoms with Gasteiger partial charge in [0, 0.05) is 43.5 Å². The molecule has 0 fully saturated rings. The zero-order valence-corrected chi connectivity index (χ0v) is 32.2. The molecule has 0 aliphatic heterocycles. The van der Waals surface area contributed by atoms with Crippen LogP contribution in [0.1, 0.15) is 83.7 Å². The Morgan fingerprint density at radius 1 is 0.821 bits per heavy atom. The number of benzene rings is 1. The van der Waals surface area contributed by atoms with E-state index in [0.717, 1.165) is 24.3 Å². The second kappa shape index (κ2) is 19.5. The van der Waals surface area contributed by atoms with E-state index in [1.54, 1.807) is 35.6 Å². The number of aromatic carboxylic acids is 1. The van der Waals surface area contributed by atoms with E-state index in [9.17, 15) is 37.1 Å². The topological polar surface area (TPSA) is 217 Å². The zero-order chi connectivity index (χ0) is 41.9. The number of alkyl halides is 3. The number of nitrogens with one attached hydrogen (secondary N) is 4. The van der Waals surface area contributed by atoms with Crippen LogP contribution in [0.25, 0.3) is 0 Å². The number of nitrogens with zero attached hydrogens (tertiary/aromatic N) is 4. The third-order valence-corrected chi connectivity index (χ3v) is 8.81. The van der Waals surface area contributed by atoms with E-state index >= 15 is 0 Å². The predicted molar refractivity (Wildman–Crippen MR) is 203 cm³/mol. The average molecular weight is 805 g/mol. The molecule has 3 heterocycles. The summed E-state index contributed by atoms with van der Waals surface area (Å²) in [6.45, 7) is 5.58. The maximum Gasteiger partial charge on any atom is 0.490 e. The van der Waals surface area contributed by atoms with Crippen LogP contribution < -0.4 is 21.3 Å². The lowest BCUT2D eigenvalue weighted by atomic mass is 10.1. The lowest BCUT2D eigenvalue weighted by Gasteiger charge is -2.10.